The van der Waals surface area contributed by atoms with Gasteiger partial charge in [0, 0.05) is 63.0 Å². The molecule has 3 aromatic heterocycles. The lowest BCUT2D eigenvalue weighted by atomic mass is 10.1. The number of nitrogens with one attached hydrogen (secondary N) is 2. The van der Waals surface area contributed by atoms with Crippen molar-refractivity contribution >= 4 is 58.2 Å². The van der Waals surface area contributed by atoms with Crippen molar-refractivity contribution in [1.82, 2.24) is 40.0 Å². The Bertz CT molecular complexity index is 3170. The van der Waals surface area contributed by atoms with Gasteiger partial charge in [-0.1, -0.05) is 19.2 Å². The summed E-state index contributed by atoms with van der Waals surface area (Å²) in [7, 11) is 5.19. The minimum absolute atomic E-state index is 0. The van der Waals surface area contributed by atoms with Crippen molar-refractivity contribution in [3.05, 3.63) is 109 Å². The van der Waals surface area contributed by atoms with Crippen LogP contribution >= 0.6 is 11.8 Å². The number of nitrogens with zero attached hydrogens (tertiary/aromatic N) is 13. The van der Waals surface area contributed by atoms with E-state index in [9.17, 15) is 27.6 Å². The first-order chi connectivity index (χ1) is 35.6. The number of aromatic nitrogens is 6. The number of anilines is 3. The molecule has 0 bridgehead atoms. The molecule has 6 heterocycles. The summed E-state index contributed by atoms with van der Waals surface area (Å²) in [5, 5.41) is 34.2. The van der Waals surface area contributed by atoms with Crippen LogP contribution in [0.1, 0.15) is 7.43 Å². The molecule has 3 atom stereocenters. The van der Waals surface area contributed by atoms with Gasteiger partial charge in [-0.05, 0) is 79.1 Å². The lowest BCUT2D eigenvalue weighted by Crippen LogP contribution is -2.30. The molecule has 0 unspecified atom stereocenters. The Kier molecular flexibility index (Phi) is 18.4. The standard InChI is InChI=1S/C17H17FN6O2S.C16H16FN7O2.C14H15FN4O2.CH4/c1-23-15(5-6-22-23)13-4-3-11(7-14(13)18)24-9-12(26-17(24)25)8-20-16(27-2)21-10-19;1-23-14(4-5-22-23)12-3-2-10(6-13(12)17)24-8-11(26-16(24)25)7-20-15(19)21-9-18;1-18-13(4-5-17-18)11-3-2-9(6-12(11)15)19-8-10(7-16)21-14(19)20;/h3-7,12H,8-9H2,1-2H3,(H,20,21);2-6,11H,7-8H2,1H3,(H3,19,20,21);2-6,10H,7-8,16H2,1H3;1H4/t12-;11-;10-;/m000./s1. The number of halogens is 3. The molecule has 3 amide bonds. The van der Waals surface area contributed by atoms with Crippen molar-refractivity contribution in [2.75, 3.05) is 60.2 Å². The average molecular weight is 1050 g/mol. The van der Waals surface area contributed by atoms with E-state index in [4.69, 9.17) is 36.2 Å². The van der Waals surface area contributed by atoms with Crippen LogP contribution in [0.4, 0.5) is 44.6 Å². The number of nitrogens with two attached hydrogens (primary N) is 2. The molecule has 9 rings (SSSR count). The van der Waals surface area contributed by atoms with Gasteiger partial charge in [-0.3, -0.25) is 44.4 Å². The minimum atomic E-state index is -0.593. The van der Waals surface area contributed by atoms with Crippen LogP contribution in [0.5, 0.6) is 0 Å². The van der Waals surface area contributed by atoms with Crippen molar-refractivity contribution in [2.24, 2.45) is 42.6 Å². The lowest BCUT2D eigenvalue weighted by Gasteiger charge is -2.14. The molecular formula is C48H52F3N17O6S. The first kappa shape index (κ1) is 55.2. The zero-order valence-electron chi connectivity index (χ0n) is 40.1. The average Bonchev–Trinajstić information content (AvgIpc) is 4.27. The Hall–Kier alpha value is -9.08. The molecule has 3 saturated heterocycles. The van der Waals surface area contributed by atoms with Crippen molar-refractivity contribution in [2.45, 2.75) is 25.7 Å². The zero-order valence-corrected chi connectivity index (χ0v) is 40.9. The number of cyclic esters (lactones) is 3. The number of amides is 3. The Morgan fingerprint density at radius 3 is 1.31 bits per heavy atom. The van der Waals surface area contributed by atoms with Crippen LogP contribution < -0.4 is 36.8 Å². The number of thioether (sulfide) groups is 1. The van der Waals surface area contributed by atoms with Gasteiger partial charge < -0.3 is 25.7 Å². The fourth-order valence-electron chi connectivity index (χ4n) is 7.75. The molecule has 23 nitrogen and oxygen atoms in total. The van der Waals surface area contributed by atoms with Crippen molar-refractivity contribution in [3.63, 3.8) is 0 Å². The fourth-order valence-corrected chi connectivity index (χ4v) is 8.10. The van der Waals surface area contributed by atoms with Crippen LogP contribution in [0.25, 0.3) is 33.8 Å². The number of aliphatic imine (C=N–C) groups is 2. The van der Waals surface area contributed by atoms with Crippen LogP contribution in [0.15, 0.2) is 101 Å². The Balaban J connectivity index is 0.000000183. The lowest BCUT2D eigenvalue weighted by molar-refractivity contribution is 0.144. The number of rotatable bonds is 11. The molecule has 0 spiro atoms. The fraction of sp³-hybridized carbons (Fsp3) is 0.292. The number of benzene rings is 3. The third kappa shape index (κ3) is 13.1. The van der Waals surface area contributed by atoms with E-state index in [1.54, 1.807) is 127 Å². The molecule has 3 fully saturated rings. The number of carbonyl (C=O) groups is 3. The third-order valence-electron chi connectivity index (χ3n) is 11.4. The first-order valence-corrected chi connectivity index (χ1v) is 23.5. The number of ether oxygens (including phenoxy) is 3. The van der Waals surface area contributed by atoms with Gasteiger partial charge in [0.25, 0.3) is 0 Å². The van der Waals surface area contributed by atoms with Gasteiger partial charge in [-0.2, -0.15) is 25.8 Å². The summed E-state index contributed by atoms with van der Waals surface area (Å²) in [5.74, 6) is -1.40. The zero-order chi connectivity index (χ0) is 53.1. The summed E-state index contributed by atoms with van der Waals surface area (Å²) in [6.07, 6.45) is 6.99. The summed E-state index contributed by atoms with van der Waals surface area (Å²) in [5.41, 5.74) is 15.3. The second kappa shape index (κ2) is 25.0. The molecule has 6 N–H and O–H groups in total. The summed E-state index contributed by atoms with van der Waals surface area (Å²) < 4.78 is 63.7. The van der Waals surface area contributed by atoms with Crippen LogP contribution in [-0.2, 0) is 35.4 Å². The molecule has 27 heteroatoms. The van der Waals surface area contributed by atoms with Crippen LogP contribution in [0.2, 0.25) is 0 Å². The summed E-state index contributed by atoms with van der Waals surface area (Å²) >= 11 is 1.28. The predicted molar refractivity (Wildman–Crippen MR) is 274 cm³/mol. The van der Waals surface area contributed by atoms with Crippen molar-refractivity contribution in [1.29, 1.82) is 10.5 Å². The van der Waals surface area contributed by atoms with Gasteiger partial charge in [0.15, 0.2) is 17.6 Å². The van der Waals surface area contributed by atoms with Gasteiger partial charge in [0.05, 0.1) is 66.9 Å². The van der Waals surface area contributed by atoms with Gasteiger partial charge in [0.2, 0.25) is 5.96 Å². The molecule has 3 aliphatic rings. The number of amidine groups is 1. The number of hydrogen-bond acceptors (Lipinski definition) is 15. The van der Waals surface area contributed by atoms with Gasteiger partial charge in [-0.15, -0.1) is 0 Å². The van der Waals surface area contributed by atoms with Gasteiger partial charge >= 0.3 is 18.3 Å². The second-order valence-corrected chi connectivity index (χ2v) is 16.9. The number of guanidine groups is 1. The van der Waals surface area contributed by atoms with Gasteiger partial charge in [0.1, 0.15) is 35.8 Å². The highest BCUT2D eigenvalue weighted by Gasteiger charge is 2.35. The molecule has 0 radical (unpaired) electrons. The van der Waals surface area contributed by atoms with Gasteiger partial charge in [-0.25, -0.2) is 32.5 Å². The molecule has 6 aromatic rings. The molecule has 3 aromatic carbocycles. The highest BCUT2D eigenvalue weighted by atomic mass is 32.2. The SMILES string of the molecule is C.CSC(=NC[C@H]1CN(c2ccc(-c3ccnn3C)c(F)c2)C(=O)O1)NC#N.Cn1nccc1-c1ccc(N2C[C@H](CN)OC2=O)cc1F.Cn1nccc1-c1ccc(N2C[C@H](CN=C(N)NC#N)OC2=O)cc1F. The second-order valence-electron chi connectivity index (χ2n) is 16.1. The molecule has 3 aliphatic heterocycles. The first-order valence-electron chi connectivity index (χ1n) is 22.3. The Morgan fingerprint density at radius 2 is 1.00 bits per heavy atom. The smallest absolute Gasteiger partial charge is 0.414 e. The van der Waals surface area contributed by atoms with E-state index in [0.29, 0.717) is 62.5 Å². The molecular weight excluding hydrogens is 1000 g/mol. The van der Waals surface area contributed by atoms with E-state index < -0.39 is 47.9 Å². The van der Waals surface area contributed by atoms with E-state index >= 15 is 0 Å². The maximum atomic E-state index is 14.6. The van der Waals surface area contributed by atoms with Crippen molar-refractivity contribution < 1.29 is 41.8 Å². The topological polar surface area (TPSA) is 290 Å². The highest BCUT2D eigenvalue weighted by Crippen LogP contribution is 2.32. The summed E-state index contributed by atoms with van der Waals surface area (Å²) in [6, 6.07) is 18.9. The summed E-state index contributed by atoms with van der Waals surface area (Å²) in [4.78, 5) is 48.1. The number of aryl methyl sites for hydroxylation is 3. The Labute approximate surface area is 432 Å². The van der Waals surface area contributed by atoms with E-state index in [2.05, 4.69) is 35.9 Å². The number of carbonyl (C=O) groups excluding carboxylic acids is 3. The normalized spacial score (nSPS) is 17.1. The molecule has 0 aliphatic carbocycles. The quantitative estimate of drug-likeness (QED) is 0.0414. The van der Waals surface area contributed by atoms with Crippen LogP contribution in [-0.4, -0.2) is 123 Å². The number of nitriles is 2. The predicted octanol–water partition coefficient (Wildman–Crippen LogP) is 5.42. The maximum absolute atomic E-state index is 14.6. The highest BCUT2D eigenvalue weighted by molar-refractivity contribution is 8.13. The van der Waals surface area contributed by atoms with Crippen LogP contribution in [0, 0.1) is 40.4 Å². The monoisotopic (exact) mass is 1050 g/mol. The van der Waals surface area contributed by atoms with E-state index in [1.807, 2.05) is 0 Å². The van der Waals surface area contributed by atoms with Crippen molar-refractivity contribution in [3.8, 4) is 46.2 Å². The molecule has 75 heavy (non-hydrogen) atoms. The molecule has 392 valence electrons. The number of hydrogen-bond donors (Lipinski definition) is 4. The summed E-state index contributed by atoms with van der Waals surface area (Å²) in [6.45, 7) is 1.34. The minimum Gasteiger partial charge on any atom is -0.443 e. The third-order valence-corrected chi connectivity index (χ3v) is 12.0. The largest absolute Gasteiger partial charge is 0.443 e. The van der Waals surface area contributed by atoms with E-state index in [0.717, 1.165) is 0 Å². The maximum Gasteiger partial charge on any atom is 0.414 e. The van der Waals surface area contributed by atoms with E-state index in [-0.39, 0.29) is 52.2 Å². The Morgan fingerprint density at radius 1 is 0.640 bits per heavy atom. The molecule has 0 saturated carbocycles. The van der Waals surface area contributed by atoms with E-state index in [1.165, 1.54) is 44.7 Å². The van der Waals surface area contributed by atoms with Crippen LogP contribution in [0.3, 0.4) is 0 Å².